The van der Waals surface area contributed by atoms with Gasteiger partial charge in [0, 0.05) is 24.6 Å². The number of aryl methyl sites for hydroxylation is 1. The number of esters is 1. The largest absolute Gasteiger partial charge is 0.463 e. The van der Waals surface area contributed by atoms with Gasteiger partial charge in [0.15, 0.2) is 0 Å². The molecule has 3 aromatic rings. The SMILES string of the molecule is CCOC(=O)C=C[C@H](CCC(N)=O)N(NC(=O)c1ccc(-c2cccc(C(C)C)c2)[nH]1)C(=O)CCc1ccccc1. The van der Waals surface area contributed by atoms with Crippen LogP contribution in [0.15, 0.2) is 78.9 Å². The maximum Gasteiger partial charge on any atom is 0.330 e. The highest BCUT2D eigenvalue weighted by atomic mass is 16.5. The number of nitrogens with two attached hydrogens (primary N) is 1. The molecule has 41 heavy (non-hydrogen) atoms. The number of aromatic amines is 1. The quantitative estimate of drug-likeness (QED) is 0.159. The zero-order valence-corrected chi connectivity index (χ0v) is 23.8. The lowest BCUT2D eigenvalue weighted by molar-refractivity contribution is -0.138. The molecule has 0 saturated carbocycles. The van der Waals surface area contributed by atoms with E-state index < -0.39 is 23.8 Å². The minimum Gasteiger partial charge on any atom is -0.463 e. The van der Waals surface area contributed by atoms with Gasteiger partial charge in [-0.1, -0.05) is 68.5 Å². The number of aromatic nitrogens is 1. The number of H-pyrrole nitrogens is 1. The van der Waals surface area contributed by atoms with Crippen molar-refractivity contribution >= 4 is 23.7 Å². The molecule has 216 valence electrons. The fourth-order valence-electron chi connectivity index (χ4n) is 4.26. The first-order valence-corrected chi connectivity index (χ1v) is 13.8. The van der Waals surface area contributed by atoms with Crippen molar-refractivity contribution in [2.75, 3.05) is 6.61 Å². The molecule has 1 heterocycles. The topological polar surface area (TPSA) is 135 Å². The van der Waals surface area contributed by atoms with Crippen molar-refractivity contribution in [1.82, 2.24) is 15.4 Å². The van der Waals surface area contributed by atoms with Crippen LogP contribution in [-0.4, -0.2) is 46.3 Å². The van der Waals surface area contributed by atoms with Gasteiger partial charge in [0.05, 0.1) is 12.6 Å². The molecule has 1 atom stereocenters. The van der Waals surface area contributed by atoms with E-state index in [0.29, 0.717) is 12.3 Å². The molecule has 9 heteroatoms. The Morgan fingerprint density at radius 2 is 1.76 bits per heavy atom. The molecule has 0 fully saturated rings. The predicted octanol–water partition coefficient (Wildman–Crippen LogP) is 4.66. The zero-order chi connectivity index (χ0) is 29.8. The number of amides is 3. The van der Waals surface area contributed by atoms with Gasteiger partial charge in [-0.2, -0.15) is 0 Å². The van der Waals surface area contributed by atoms with E-state index in [0.717, 1.165) is 16.8 Å². The molecule has 0 bridgehead atoms. The van der Waals surface area contributed by atoms with Crippen molar-refractivity contribution in [2.24, 2.45) is 5.73 Å². The molecular weight excluding hydrogens is 520 g/mol. The van der Waals surface area contributed by atoms with E-state index in [1.807, 2.05) is 42.5 Å². The summed E-state index contributed by atoms with van der Waals surface area (Å²) in [5.74, 6) is -1.75. The van der Waals surface area contributed by atoms with E-state index in [4.69, 9.17) is 10.5 Å². The van der Waals surface area contributed by atoms with Gasteiger partial charge in [-0.3, -0.25) is 19.8 Å². The molecule has 0 saturated heterocycles. The second-order valence-electron chi connectivity index (χ2n) is 9.94. The van der Waals surface area contributed by atoms with Crippen LogP contribution in [-0.2, 0) is 25.5 Å². The van der Waals surface area contributed by atoms with Crippen LogP contribution in [0.4, 0.5) is 0 Å². The van der Waals surface area contributed by atoms with E-state index in [2.05, 4.69) is 36.4 Å². The number of primary amides is 1. The predicted molar refractivity (Wildman–Crippen MR) is 157 cm³/mol. The Labute approximate surface area is 240 Å². The first-order chi connectivity index (χ1) is 19.7. The normalized spacial score (nSPS) is 11.8. The highest BCUT2D eigenvalue weighted by Gasteiger charge is 2.26. The summed E-state index contributed by atoms with van der Waals surface area (Å²) in [7, 11) is 0. The first-order valence-electron chi connectivity index (χ1n) is 13.8. The van der Waals surface area contributed by atoms with E-state index in [9.17, 15) is 19.2 Å². The maximum absolute atomic E-state index is 13.5. The Morgan fingerprint density at radius 1 is 1.00 bits per heavy atom. The van der Waals surface area contributed by atoms with Gasteiger partial charge in [-0.05, 0) is 60.6 Å². The molecule has 2 aromatic carbocycles. The number of hydrazine groups is 1. The molecule has 0 aliphatic heterocycles. The number of carbonyl (C=O) groups is 4. The van der Waals surface area contributed by atoms with E-state index in [1.54, 1.807) is 19.1 Å². The van der Waals surface area contributed by atoms with Crippen LogP contribution in [0.2, 0.25) is 0 Å². The zero-order valence-electron chi connectivity index (χ0n) is 23.8. The number of carbonyl (C=O) groups excluding carboxylic acids is 4. The first kappa shape index (κ1) is 30.9. The van der Waals surface area contributed by atoms with Crippen LogP contribution in [0.3, 0.4) is 0 Å². The van der Waals surface area contributed by atoms with E-state index in [1.165, 1.54) is 22.7 Å². The van der Waals surface area contributed by atoms with Gasteiger partial charge in [-0.25, -0.2) is 9.80 Å². The van der Waals surface area contributed by atoms with E-state index >= 15 is 0 Å². The van der Waals surface area contributed by atoms with Crippen LogP contribution in [0.5, 0.6) is 0 Å². The molecule has 0 spiro atoms. The fraction of sp³-hybridized carbons (Fsp3) is 0.312. The molecule has 4 N–H and O–H groups in total. The van der Waals surface area contributed by atoms with Crippen molar-refractivity contribution in [1.29, 1.82) is 0 Å². The lowest BCUT2D eigenvalue weighted by atomic mass is 10.00. The van der Waals surface area contributed by atoms with Crippen molar-refractivity contribution in [2.45, 2.75) is 58.4 Å². The molecule has 0 aliphatic rings. The second kappa shape index (κ2) is 15.2. The number of nitrogens with one attached hydrogen (secondary N) is 2. The average molecular weight is 559 g/mol. The van der Waals surface area contributed by atoms with Crippen molar-refractivity contribution in [3.63, 3.8) is 0 Å². The third kappa shape index (κ3) is 9.49. The third-order valence-electron chi connectivity index (χ3n) is 6.52. The highest BCUT2D eigenvalue weighted by Crippen LogP contribution is 2.24. The molecular formula is C32H38N4O5. The Kier molecular flexibility index (Phi) is 11.5. The molecule has 1 aromatic heterocycles. The molecule has 3 amide bonds. The maximum atomic E-state index is 13.5. The van der Waals surface area contributed by atoms with Gasteiger partial charge in [-0.15, -0.1) is 0 Å². The highest BCUT2D eigenvalue weighted by molar-refractivity contribution is 5.95. The standard InChI is InChI=1S/C32H38N4O5/c1-4-41-31(39)20-15-26(14-18-29(33)37)36(30(38)19-13-23-9-6-5-7-10-23)35-32(40)28-17-16-27(34-28)25-12-8-11-24(21-25)22(2)3/h5-12,15-17,20-22,26,34H,4,13-14,18-19H2,1-3H3,(H2,33,37)(H,35,40)/t26-/m0/s1. The lowest BCUT2D eigenvalue weighted by Crippen LogP contribution is -2.51. The number of nitrogens with zero attached hydrogens (tertiary/aromatic N) is 1. The summed E-state index contributed by atoms with van der Waals surface area (Å²) in [6.07, 6.45) is 3.19. The minimum absolute atomic E-state index is 0.0605. The molecule has 0 aliphatic carbocycles. The number of hydrogen-bond acceptors (Lipinski definition) is 5. The summed E-state index contributed by atoms with van der Waals surface area (Å²) in [5.41, 5.74) is 12.2. The minimum atomic E-state index is -0.823. The Hall–Kier alpha value is -4.66. The van der Waals surface area contributed by atoms with Crippen molar-refractivity contribution in [3.05, 3.63) is 95.7 Å². The van der Waals surface area contributed by atoms with E-state index in [-0.39, 0.29) is 37.5 Å². The van der Waals surface area contributed by atoms with Crippen LogP contribution in [0.1, 0.15) is 67.6 Å². The Bertz CT molecular complexity index is 1360. The molecule has 0 radical (unpaired) electrons. The Morgan fingerprint density at radius 3 is 2.44 bits per heavy atom. The number of hydrogen-bond donors (Lipinski definition) is 3. The summed E-state index contributed by atoms with van der Waals surface area (Å²) in [6, 6.07) is 20.2. The number of ether oxygens (including phenoxy) is 1. The van der Waals surface area contributed by atoms with Crippen LogP contribution in [0, 0.1) is 0 Å². The fourth-order valence-corrected chi connectivity index (χ4v) is 4.26. The molecule has 0 unspecified atom stereocenters. The summed E-state index contributed by atoms with van der Waals surface area (Å²) in [6.45, 7) is 6.09. The molecule has 3 rings (SSSR count). The van der Waals surface area contributed by atoms with Gasteiger partial charge in [0.1, 0.15) is 5.69 Å². The Balaban J connectivity index is 1.87. The monoisotopic (exact) mass is 558 g/mol. The summed E-state index contributed by atoms with van der Waals surface area (Å²) < 4.78 is 4.97. The number of rotatable bonds is 13. The average Bonchev–Trinajstić information content (AvgIpc) is 3.46. The van der Waals surface area contributed by atoms with Gasteiger partial charge < -0.3 is 15.5 Å². The van der Waals surface area contributed by atoms with Crippen molar-refractivity contribution in [3.8, 4) is 11.3 Å². The van der Waals surface area contributed by atoms with Crippen LogP contribution < -0.4 is 11.2 Å². The summed E-state index contributed by atoms with van der Waals surface area (Å²) >= 11 is 0. The van der Waals surface area contributed by atoms with Gasteiger partial charge in [0.2, 0.25) is 11.8 Å². The number of benzene rings is 2. The van der Waals surface area contributed by atoms with Crippen LogP contribution in [0.25, 0.3) is 11.3 Å². The van der Waals surface area contributed by atoms with Gasteiger partial charge in [0.25, 0.3) is 5.91 Å². The third-order valence-corrected chi connectivity index (χ3v) is 6.52. The second-order valence-corrected chi connectivity index (χ2v) is 9.94. The lowest BCUT2D eigenvalue weighted by Gasteiger charge is -2.30. The smallest absolute Gasteiger partial charge is 0.330 e. The molecule has 9 nitrogen and oxygen atoms in total. The van der Waals surface area contributed by atoms with Gasteiger partial charge >= 0.3 is 5.97 Å². The summed E-state index contributed by atoms with van der Waals surface area (Å²) in [4.78, 5) is 53.7. The summed E-state index contributed by atoms with van der Waals surface area (Å²) in [5, 5.41) is 1.17. The van der Waals surface area contributed by atoms with Crippen LogP contribution >= 0.6 is 0 Å². The van der Waals surface area contributed by atoms with Crippen molar-refractivity contribution < 1.29 is 23.9 Å².